The summed E-state index contributed by atoms with van der Waals surface area (Å²) in [4.78, 5) is 25.7. The van der Waals surface area contributed by atoms with Gasteiger partial charge < -0.3 is 10.2 Å². The summed E-state index contributed by atoms with van der Waals surface area (Å²) in [7, 11) is 0. The molecule has 0 aromatic heterocycles. The van der Waals surface area contributed by atoms with Gasteiger partial charge in [-0.2, -0.15) is 0 Å². The van der Waals surface area contributed by atoms with Gasteiger partial charge >= 0.3 is 0 Å². The Morgan fingerprint density at radius 2 is 1.76 bits per heavy atom. The first-order chi connectivity index (χ1) is 9.85. The molecule has 0 saturated heterocycles. The largest absolute Gasteiger partial charge is 0.352 e. The van der Waals surface area contributed by atoms with Crippen LogP contribution >= 0.6 is 0 Å². The predicted octanol–water partition coefficient (Wildman–Crippen LogP) is 2.48. The van der Waals surface area contributed by atoms with Crippen LogP contribution in [0.1, 0.15) is 39.7 Å². The normalized spacial score (nSPS) is 12.1. The van der Waals surface area contributed by atoms with E-state index in [-0.39, 0.29) is 23.7 Å². The molecule has 0 heterocycles. The van der Waals surface area contributed by atoms with Crippen LogP contribution in [0.4, 0.5) is 4.39 Å². The van der Waals surface area contributed by atoms with Gasteiger partial charge in [0.1, 0.15) is 11.9 Å². The van der Waals surface area contributed by atoms with E-state index in [1.54, 1.807) is 26.0 Å². The van der Waals surface area contributed by atoms with Gasteiger partial charge in [-0.25, -0.2) is 4.39 Å². The summed E-state index contributed by atoms with van der Waals surface area (Å²) in [6, 6.07) is 5.40. The van der Waals surface area contributed by atoms with Gasteiger partial charge in [0.25, 0.3) is 0 Å². The van der Waals surface area contributed by atoms with Crippen LogP contribution in [-0.4, -0.2) is 28.8 Å². The first kappa shape index (κ1) is 17.1. The zero-order chi connectivity index (χ0) is 16.0. The van der Waals surface area contributed by atoms with E-state index in [1.165, 1.54) is 17.0 Å². The van der Waals surface area contributed by atoms with Crippen molar-refractivity contribution in [2.24, 2.45) is 0 Å². The molecule has 1 aromatic carbocycles. The van der Waals surface area contributed by atoms with Crippen LogP contribution in [0.2, 0.25) is 0 Å². The number of hydrogen-bond acceptors (Lipinski definition) is 2. The molecule has 4 nitrogen and oxygen atoms in total. The van der Waals surface area contributed by atoms with Crippen LogP contribution in [0.25, 0.3) is 0 Å². The van der Waals surface area contributed by atoms with Crippen molar-refractivity contribution in [3.05, 3.63) is 35.6 Å². The molecule has 1 unspecified atom stereocenters. The molecule has 0 bridgehead atoms. The molecule has 5 heteroatoms. The third-order valence-electron chi connectivity index (χ3n) is 3.17. The smallest absolute Gasteiger partial charge is 0.242 e. The summed E-state index contributed by atoms with van der Waals surface area (Å²) in [5, 5.41) is 2.80. The Labute approximate surface area is 125 Å². The third-order valence-corrected chi connectivity index (χ3v) is 3.17. The molecule has 0 fully saturated rings. The van der Waals surface area contributed by atoms with Crippen LogP contribution in [0, 0.1) is 5.82 Å². The lowest BCUT2D eigenvalue weighted by Crippen LogP contribution is -2.48. The summed E-state index contributed by atoms with van der Waals surface area (Å²) >= 11 is 0. The molecule has 21 heavy (non-hydrogen) atoms. The first-order valence-electron chi connectivity index (χ1n) is 7.19. The molecule has 0 aliphatic carbocycles. The maximum Gasteiger partial charge on any atom is 0.242 e. The van der Waals surface area contributed by atoms with Gasteiger partial charge in [-0.05, 0) is 38.5 Å². The summed E-state index contributed by atoms with van der Waals surface area (Å²) in [5.74, 6) is -0.614. The summed E-state index contributed by atoms with van der Waals surface area (Å²) in [6.07, 6.45) is 0.320. The minimum Gasteiger partial charge on any atom is -0.352 e. The molecule has 1 aromatic rings. The fourth-order valence-corrected chi connectivity index (χ4v) is 1.98. The Bertz CT molecular complexity index is 486. The van der Waals surface area contributed by atoms with Gasteiger partial charge in [-0.15, -0.1) is 0 Å². The molecular formula is C16H23FN2O2. The van der Waals surface area contributed by atoms with E-state index >= 15 is 0 Å². The van der Waals surface area contributed by atoms with E-state index in [2.05, 4.69) is 5.32 Å². The maximum absolute atomic E-state index is 12.9. The van der Waals surface area contributed by atoms with Gasteiger partial charge in [0.05, 0.1) is 0 Å². The Morgan fingerprint density at radius 3 is 2.24 bits per heavy atom. The monoisotopic (exact) mass is 294 g/mol. The van der Waals surface area contributed by atoms with E-state index in [4.69, 9.17) is 0 Å². The number of carbonyl (C=O) groups excluding carboxylic acids is 2. The second-order valence-electron chi connectivity index (χ2n) is 5.34. The van der Waals surface area contributed by atoms with E-state index < -0.39 is 6.04 Å². The second kappa shape index (κ2) is 7.76. The van der Waals surface area contributed by atoms with Crippen molar-refractivity contribution in [1.82, 2.24) is 10.2 Å². The second-order valence-corrected chi connectivity index (χ2v) is 5.34. The summed E-state index contributed by atoms with van der Waals surface area (Å²) < 4.78 is 12.9. The SMILES string of the molecule is CCC(=O)N(Cc1ccc(F)cc1)C(C)C(=O)NC(C)C. The highest BCUT2D eigenvalue weighted by Gasteiger charge is 2.25. The lowest BCUT2D eigenvalue weighted by atomic mass is 10.1. The minimum atomic E-state index is -0.565. The number of halogens is 1. The fourth-order valence-electron chi connectivity index (χ4n) is 1.98. The highest BCUT2D eigenvalue weighted by atomic mass is 19.1. The molecule has 0 radical (unpaired) electrons. The van der Waals surface area contributed by atoms with Crippen molar-refractivity contribution in [3.63, 3.8) is 0 Å². The zero-order valence-corrected chi connectivity index (χ0v) is 13.0. The zero-order valence-electron chi connectivity index (χ0n) is 13.0. The van der Waals surface area contributed by atoms with Crippen molar-refractivity contribution in [2.75, 3.05) is 0 Å². The standard InChI is InChI=1S/C16H23FN2O2/c1-5-15(20)19(12(4)16(21)18-11(2)3)10-13-6-8-14(17)9-7-13/h6-9,11-12H,5,10H2,1-4H3,(H,18,21). The maximum atomic E-state index is 12.9. The van der Waals surface area contributed by atoms with Crippen LogP contribution in [0.15, 0.2) is 24.3 Å². The van der Waals surface area contributed by atoms with Crippen molar-refractivity contribution in [2.45, 2.75) is 52.7 Å². The summed E-state index contributed by atoms with van der Waals surface area (Å²) in [5.41, 5.74) is 0.794. The van der Waals surface area contributed by atoms with Gasteiger partial charge in [0.2, 0.25) is 11.8 Å². The lowest BCUT2D eigenvalue weighted by Gasteiger charge is -2.29. The van der Waals surface area contributed by atoms with Crippen LogP contribution < -0.4 is 5.32 Å². The molecule has 116 valence electrons. The van der Waals surface area contributed by atoms with E-state index in [0.29, 0.717) is 13.0 Å². The van der Waals surface area contributed by atoms with Crippen molar-refractivity contribution in [1.29, 1.82) is 0 Å². The number of benzene rings is 1. The van der Waals surface area contributed by atoms with Crippen molar-refractivity contribution < 1.29 is 14.0 Å². The van der Waals surface area contributed by atoms with Crippen molar-refractivity contribution in [3.8, 4) is 0 Å². The van der Waals surface area contributed by atoms with E-state index in [0.717, 1.165) is 5.56 Å². The minimum absolute atomic E-state index is 0.0179. The average Bonchev–Trinajstić information content (AvgIpc) is 2.44. The Balaban J connectivity index is 2.87. The van der Waals surface area contributed by atoms with Crippen LogP contribution in [0.3, 0.4) is 0 Å². The number of nitrogens with one attached hydrogen (secondary N) is 1. The molecule has 0 aliphatic heterocycles. The molecule has 1 N–H and O–H groups in total. The predicted molar refractivity (Wildman–Crippen MR) is 80.0 cm³/mol. The highest BCUT2D eigenvalue weighted by Crippen LogP contribution is 2.12. The fraction of sp³-hybridized carbons (Fsp3) is 0.500. The molecule has 0 saturated carbocycles. The number of nitrogens with zero attached hydrogens (tertiary/aromatic N) is 1. The van der Waals surface area contributed by atoms with Gasteiger partial charge in [-0.1, -0.05) is 19.1 Å². The Morgan fingerprint density at radius 1 is 1.19 bits per heavy atom. The molecule has 1 atom stereocenters. The third kappa shape index (κ3) is 5.17. The topological polar surface area (TPSA) is 49.4 Å². The van der Waals surface area contributed by atoms with Crippen LogP contribution in [0.5, 0.6) is 0 Å². The lowest BCUT2D eigenvalue weighted by molar-refractivity contribution is -0.140. The van der Waals surface area contributed by atoms with Crippen LogP contribution in [-0.2, 0) is 16.1 Å². The van der Waals surface area contributed by atoms with Gasteiger partial charge in [0.15, 0.2) is 0 Å². The molecule has 1 rings (SSSR count). The number of rotatable bonds is 6. The average molecular weight is 294 g/mol. The Hall–Kier alpha value is -1.91. The Kier molecular flexibility index (Phi) is 6.34. The molecule has 0 spiro atoms. The first-order valence-corrected chi connectivity index (χ1v) is 7.19. The van der Waals surface area contributed by atoms with Gasteiger partial charge in [0, 0.05) is 19.0 Å². The molecule has 0 aliphatic rings. The molecular weight excluding hydrogens is 271 g/mol. The quantitative estimate of drug-likeness (QED) is 0.876. The number of carbonyl (C=O) groups is 2. The van der Waals surface area contributed by atoms with Gasteiger partial charge in [-0.3, -0.25) is 9.59 Å². The molecule has 2 amide bonds. The highest BCUT2D eigenvalue weighted by molar-refractivity contribution is 5.87. The van der Waals surface area contributed by atoms with E-state index in [1.807, 2.05) is 13.8 Å². The van der Waals surface area contributed by atoms with E-state index in [9.17, 15) is 14.0 Å². The number of amides is 2. The van der Waals surface area contributed by atoms with Crippen molar-refractivity contribution >= 4 is 11.8 Å². The summed E-state index contributed by atoms with van der Waals surface area (Å²) in [6.45, 7) is 7.49. The number of hydrogen-bond donors (Lipinski definition) is 1.